The molecule has 0 spiro atoms. The summed E-state index contributed by atoms with van der Waals surface area (Å²) in [6.07, 6.45) is 2.92. The molecule has 0 bridgehead atoms. The third-order valence-corrected chi connectivity index (χ3v) is 1.63. The first-order valence-electron chi connectivity index (χ1n) is 1.57. The number of hydrogen-bond acceptors (Lipinski definition) is 0. The van der Waals surface area contributed by atoms with Gasteiger partial charge in [-0.05, 0) is 0 Å². The Hall–Kier alpha value is 0.558. The zero-order valence-electron chi connectivity index (χ0n) is 2.44. The Morgan fingerprint density at radius 2 is 1.75 bits per heavy atom. The molecule has 22 valence electrons. The van der Waals surface area contributed by atoms with Gasteiger partial charge in [-0.25, -0.2) is 0 Å². The van der Waals surface area contributed by atoms with Crippen molar-refractivity contribution in [1.29, 1.82) is 0 Å². The Labute approximate surface area is 35.1 Å². The zero-order valence-corrected chi connectivity index (χ0v) is 4.32. The molecule has 0 amide bonds. The summed E-state index contributed by atoms with van der Waals surface area (Å²) >= 11 is 2.65. The van der Waals surface area contributed by atoms with Gasteiger partial charge < -0.3 is 0 Å². The van der Waals surface area contributed by atoms with Crippen molar-refractivity contribution in [3.63, 3.8) is 0 Å². The molecule has 0 aromatic rings. The summed E-state index contributed by atoms with van der Waals surface area (Å²) in [5, 5.41) is 0. The van der Waals surface area contributed by atoms with E-state index in [9.17, 15) is 0 Å². The van der Waals surface area contributed by atoms with Gasteiger partial charge in [-0.1, -0.05) is 0 Å². The second kappa shape index (κ2) is 0.754. The molecule has 1 fully saturated rings. The summed E-state index contributed by atoms with van der Waals surface area (Å²) in [5.41, 5.74) is 0. The summed E-state index contributed by atoms with van der Waals surface area (Å²) in [6, 6.07) is 0. The molecule has 1 aliphatic rings. The summed E-state index contributed by atoms with van der Waals surface area (Å²) in [5.74, 6) is 0. The molecule has 0 nitrogen and oxygen atoms in total. The normalized spacial score (nSPS) is 26.2. The van der Waals surface area contributed by atoms with Crippen LogP contribution in [0.25, 0.3) is 0 Å². The second-order valence-corrected chi connectivity index (χ2v) is 2.76. The molecule has 0 aromatic heterocycles. The first kappa shape index (κ1) is 2.78. The Bertz CT molecular complexity index is 22.5. The molecule has 0 aromatic carbocycles. The molecular formula is C3H5As. The van der Waals surface area contributed by atoms with Gasteiger partial charge in [0.05, 0.1) is 0 Å². The Morgan fingerprint density at radius 1 is 1.50 bits per heavy atom. The van der Waals surface area contributed by atoms with Gasteiger partial charge in [0.25, 0.3) is 0 Å². The van der Waals surface area contributed by atoms with E-state index >= 15 is 0 Å². The summed E-state index contributed by atoms with van der Waals surface area (Å²) in [6.45, 7) is 0. The fourth-order valence-electron chi connectivity index (χ4n) is 0.0745. The van der Waals surface area contributed by atoms with Gasteiger partial charge in [0.1, 0.15) is 0 Å². The molecule has 0 aliphatic heterocycles. The van der Waals surface area contributed by atoms with Crippen LogP contribution in [0.2, 0.25) is 4.71 Å². The van der Waals surface area contributed by atoms with Gasteiger partial charge in [-0.15, -0.1) is 0 Å². The predicted octanol–water partition coefficient (Wildman–Crippen LogP) is 0.737. The summed E-state index contributed by atoms with van der Waals surface area (Å²) < 4.78 is 1.02. The third kappa shape index (κ3) is 0.491. The van der Waals surface area contributed by atoms with E-state index in [1.807, 2.05) is 0 Å². The van der Waals surface area contributed by atoms with Gasteiger partial charge in [0, 0.05) is 0 Å². The molecule has 2 radical (unpaired) electrons. The molecule has 0 unspecified atom stereocenters. The van der Waals surface area contributed by atoms with E-state index in [0.29, 0.717) is 0 Å². The van der Waals surface area contributed by atoms with Crippen LogP contribution in [-0.4, -0.2) is 16.9 Å². The molecule has 1 aliphatic carbocycles. The van der Waals surface area contributed by atoms with Crippen LogP contribution in [0.1, 0.15) is 12.8 Å². The van der Waals surface area contributed by atoms with Crippen molar-refractivity contribution >= 4 is 16.9 Å². The standard InChI is InChI=1S/C3H5As/c4-3-1-2-3/h3H,1-2H2. The van der Waals surface area contributed by atoms with E-state index in [1.165, 1.54) is 12.8 Å². The monoisotopic (exact) mass is 116 g/mol. The third-order valence-electron chi connectivity index (χ3n) is 0.547. The van der Waals surface area contributed by atoms with Crippen molar-refractivity contribution in [3.05, 3.63) is 0 Å². The average Bonchev–Trinajstić information content (AvgIpc) is 1.75. The molecule has 4 heavy (non-hydrogen) atoms. The molecule has 0 N–H and O–H groups in total. The summed E-state index contributed by atoms with van der Waals surface area (Å²) in [4.78, 5) is 0. The predicted molar refractivity (Wildman–Crippen MR) is 18.7 cm³/mol. The van der Waals surface area contributed by atoms with Crippen LogP contribution >= 0.6 is 0 Å². The van der Waals surface area contributed by atoms with E-state index < -0.39 is 0 Å². The van der Waals surface area contributed by atoms with Crippen LogP contribution in [0, 0.1) is 0 Å². The van der Waals surface area contributed by atoms with E-state index in [-0.39, 0.29) is 0 Å². The van der Waals surface area contributed by atoms with Crippen molar-refractivity contribution in [2.75, 3.05) is 0 Å². The van der Waals surface area contributed by atoms with Gasteiger partial charge in [-0.2, -0.15) is 0 Å². The molecule has 1 heteroatoms. The number of rotatable bonds is 0. The topological polar surface area (TPSA) is 0 Å². The molecule has 0 heterocycles. The number of hydrogen-bond donors (Lipinski definition) is 0. The van der Waals surface area contributed by atoms with Crippen molar-refractivity contribution in [2.24, 2.45) is 0 Å². The van der Waals surface area contributed by atoms with Crippen LogP contribution < -0.4 is 0 Å². The molecule has 0 saturated heterocycles. The molecular weight excluding hydrogens is 111 g/mol. The average molecular weight is 116 g/mol. The fourth-order valence-corrected chi connectivity index (χ4v) is 0.387. The SMILES string of the molecule is [As]C1CC1. The molecule has 1 rings (SSSR count). The molecule has 0 atom stereocenters. The Morgan fingerprint density at radius 3 is 1.75 bits per heavy atom. The first-order chi connectivity index (χ1) is 1.89. The maximum absolute atomic E-state index is 2.65. The van der Waals surface area contributed by atoms with Crippen LogP contribution in [0.15, 0.2) is 0 Å². The van der Waals surface area contributed by atoms with E-state index in [1.54, 1.807) is 0 Å². The fraction of sp³-hybridized carbons (Fsp3) is 1.00. The zero-order chi connectivity index (χ0) is 2.99. The Kier molecular flexibility index (Phi) is 0.524. The van der Waals surface area contributed by atoms with Gasteiger partial charge in [0.15, 0.2) is 0 Å². The second-order valence-electron chi connectivity index (χ2n) is 1.23. The van der Waals surface area contributed by atoms with Crippen LogP contribution in [-0.2, 0) is 0 Å². The summed E-state index contributed by atoms with van der Waals surface area (Å²) in [7, 11) is 0. The minimum absolute atomic E-state index is 1.02. The van der Waals surface area contributed by atoms with Crippen molar-refractivity contribution in [1.82, 2.24) is 0 Å². The van der Waals surface area contributed by atoms with Crippen molar-refractivity contribution < 1.29 is 0 Å². The van der Waals surface area contributed by atoms with Gasteiger partial charge in [0.2, 0.25) is 0 Å². The maximum atomic E-state index is 2.65. The van der Waals surface area contributed by atoms with E-state index in [0.717, 1.165) is 4.71 Å². The van der Waals surface area contributed by atoms with E-state index in [2.05, 4.69) is 16.9 Å². The van der Waals surface area contributed by atoms with Crippen LogP contribution in [0.3, 0.4) is 0 Å². The first-order valence-corrected chi connectivity index (χ1v) is 2.66. The van der Waals surface area contributed by atoms with Gasteiger partial charge >= 0.3 is 34.4 Å². The quantitative estimate of drug-likeness (QED) is 0.409. The van der Waals surface area contributed by atoms with E-state index in [4.69, 9.17) is 0 Å². The van der Waals surface area contributed by atoms with Crippen molar-refractivity contribution in [2.45, 2.75) is 17.5 Å². The van der Waals surface area contributed by atoms with Crippen LogP contribution in [0.4, 0.5) is 0 Å². The minimum atomic E-state index is 1.02. The Balaban J connectivity index is 2.17. The molecule has 1 saturated carbocycles. The van der Waals surface area contributed by atoms with Gasteiger partial charge in [-0.3, -0.25) is 0 Å². The van der Waals surface area contributed by atoms with Crippen LogP contribution in [0.5, 0.6) is 0 Å². The van der Waals surface area contributed by atoms with Crippen molar-refractivity contribution in [3.8, 4) is 0 Å².